The second-order valence-electron chi connectivity index (χ2n) is 8.45. The summed E-state index contributed by atoms with van der Waals surface area (Å²) in [4.78, 5) is 0. The number of alkyl halides is 1. The Labute approximate surface area is 174 Å². The van der Waals surface area contributed by atoms with Gasteiger partial charge >= 0.3 is 0 Å². The number of hydrogen-bond acceptors (Lipinski definition) is 0. The monoisotopic (exact) mass is 386 g/mol. The fraction of sp³-hybridized carbons (Fsp3) is 0.357. The van der Waals surface area contributed by atoms with Crippen LogP contribution in [0.2, 0.25) is 0 Å². The number of aryl methyl sites for hydroxylation is 1. The van der Waals surface area contributed by atoms with Crippen LogP contribution in [0.3, 0.4) is 0 Å². The first kappa shape index (κ1) is 19.9. The van der Waals surface area contributed by atoms with Gasteiger partial charge in [0.15, 0.2) is 0 Å². The highest BCUT2D eigenvalue weighted by Crippen LogP contribution is 2.37. The van der Waals surface area contributed by atoms with Gasteiger partial charge in [0, 0.05) is 0 Å². The van der Waals surface area contributed by atoms with E-state index in [1.165, 1.54) is 59.1 Å². The molecule has 0 spiro atoms. The molecule has 1 saturated carbocycles. The molecule has 0 nitrogen and oxygen atoms in total. The van der Waals surface area contributed by atoms with Crippen molar-refractivity contribution >= 4 is 0 Å². The van der Waals surface area contributed by atoms with Gasteiger partial charge in [-0.25, -0.2) is 0 Å². The molecule has 1 fully saturated rings. The van der Waals surface area contributed by atoms with Gasteiger partial charge in [-0.05, 0) is 83.7 Å². The molecule has 0 amide bonds. The lowest BCUT2D eigenvalue weighted by Gasteiger charge is -2.28. The standard InChI is InChI=1S/C28H31F/c1-2-21-3-7-23(8-4-21)25-11-15-27(16-12-25)28-17-13-26(14-18-28)24-9-5-22(6-10-24)19-20-29/h3-4,7-8,11-18,22,24H,2,5-6,9-10,19-20H2,1H3. The van der Waals surface area contributed by atoms with Gasteiger partial charge in [-0.3, -0.25) is 4.39 Å². The van der Waals surface area contributed by atoms with Crippen molar-refractivity contribution in [1.82, 2.24) is 0 Å². The van der Waals surface area contributed by atoms with Crippen molar-refractivity contribution in [3.05, 3.63) is 83.9 Å². The maximum Gasteiger partial charge on any atom is 0.0897 e. The largest absolute Gasteiger partial charge is 0.251 e. The van der Waals surface area contributed by atoms with Crippen LogP contribution in [-0.2, 0) is 6.42 Å². The lowest BCUT2D eigenvalue weighted by atomic mass is 9.77. The zero-order valence-electron chi connectivity index (χ0n) is 17.4. The third-order valence-corrected chi connectivity index (χ3v) is 6.66. The zero-order valence-corrected chi connectivity index (χ0v) is 17.4. The Morgan fingerprint density at radius 2 is 1.10 bits per heavy atom. The molecule has 0 aliphatic heterocycles. The highest BCUT2D eigenvalue weighted by atomic mass is 19.1. The summed E-state index contributed by atoms with van der Waals surface area (Å²) in [5.41, 5.74) is 7.89. The van der Waals surface area contributed by atoms with Gasteiger partial charge in [-0.2, -0.15) is 0 Å². The third-order valence-electron chi connectivity index (χ3n) is 6.66. The first-order chi connectivity index (χ1) is 14.3. The van der Waals surface area contributed by atoms with Crippen LogP contribution in [-0.4, -0.2) is 6.67 Å². The molecule has 1 aliphatic rings. The summed E-state index contributed by atoms with van der Waals surface area (Å²) in [7, 11) is 0. The molecule has 0 N–H and O–H groups in total. The molecule has 0 bridgehead atoms. The summed E-state index contributed by atoms with van der Waals surface area (Å²) in [6.07, 6.45) is 6.60. The summed E-state index contributed by atoms with van der Waals surface area (Å²) in [6, 6.07) is 26.9. The van der Waals surface area contributed by atoms with E-state index in [4.69, 9.17) is 0 Å². The Kier molecular flexibility index (Phi) is 6.44. The maximum atomic E-state index is 12.6. The predicted molar refractivity (Wildman–Crippen MR) is 122 cm³/mol. The normalized spacial score (nSPS) is 19.2. The SMILES string of the molecule is CCc1ccc(-c2ccc(-c3ccc(C4CCC(CCF)CC4)cc3)cc2)cc1. The third kappa shape index (κ3) is 4.78. The Balaban J connectivity index is 1.42. The van der Waals surface area contributed by atoms with E-state index in [1.54, 1.807) is 0 Å². The molecular formula is C28H31F. The molecule has 150 valence electrons. The van der Waals surface area contributed by atoms with Gasteiger partial charge in [0.2, 0.25) is 0 Å². The van der Waals surface area contributed by atoms with E-state index in [1.807, 2.05) is 0 Å². The van der Waals surface area contributed by atoms with Crippen molar-refractivity contribution in [1.29, 1.82) is 0 Å². The van der Waals surface area contributed by atoms with Gasteiger partial charge in [-0.15, -0.1) is 0 Å². The minimum absolute atomic E-state index is 0.160. The Bertz CT molecular complexity index is 883. The van der Waals surface area contributed by atoms with E-state index in [2.05, 4.69) is 79.7 Å². The van der Waals surface area contributed by atoms with Crippen molar-refractivity contribution in [3.63, 3.8) is 0 Å². The zero-order chi connectivity index (χ0) is 20.1. The molecule has 0 heterocycles. The molecule has 1 aliphatic carbocycles. The van der Waals surface area contributed by atoms with E-state index in [0.29, 0.717) is 11.8 Å². The molecule has 4 rings (SSSR count). The number of benzene rings is 3. The molecule has 0 radical (unpaired) electrons. The quantitative estimate of drug-likeness (QED) is 0.400. The molecular weight excluding hydrogens is 355 g/mol. The summed E-state index contributed by atoms with van der Waals surface area (Å²) >= 11 is 0. The van der Waals surface area contributed by atoms with Crippen LogP contribution >= 0.6 is 0 Å². The molecule has 3 aromatic rings. The molecule has 29 heavy (non-hydrogen) atoms. The fourth-order valence-electron chi connectivity index (χ4n) is 4.67. The minimum atomic E-state index is -0.160. The van der Waals surface area contributed by atoms with Crippen LogP contribution in [0.1, 0.15) is 56.1 Å². The highest BCUT2D eigenvalue weighted by Gasteiger charge is 2.22. The predicted octanol–water partition coefficient (Wildman–Crippen LogP) is 8.22. The second kappa shape index (κ2) is 9.39. The highest BCUT2D eigenvalue weighted by molar-refractivity contribution is 5.70. The van der Waals surface area contributed by atoms with Gasteiger partial charge in [0.05, 0.1) is 6.67 Å². The molecule has 3 aromatic carbocycles. The van der Waals surface area contributed by atoms with Crippen molar-refractivity contribution in [2.24, 2.45) is 5.92 Å². The van der Waals surface area contributed by atoms with Crippen LogP contribution in [0, 0.1) is 5.92 Å². The van der Waals surface area contributed by atoms with E-state index in [0.717, 1.165) is 12.8 Å². The van der Waals surface area contributed by atoms with Gasteiger partial charge in [0.25, 0.3) is 0 Å². The minimum Gasteiger partial charge on any atom is -0.251 e. The van der Waals surface area contributed by atoms with Crippen LogP contribution < -0.4 is 0 Å². The van der Waals surface area contributed by atoms with Crippen LogP contribution in [0.5, 0.6) is 0 Å². The maximum absolute atomic E-state index is 12.6. The van der Waals surface area contributed by atoms with Gasteiger partial charge in [-0.1, -0.05) is 79.7 Å². The smallest absolute Gasteiger partial charge is 0.0897 e. The van der Waals surface area contributed by atoms with Crippen LogP contribution in [0.4, 0.5) is 4.39 Å². The van der Waals surface area contributed by atoms with E-state index < -0.39 is 0 Å². The fourth-order valence-corrected chi connectivity index (χ4v) is 4.67. The average molecular weight is 387 g/mol. The molecule has 0 atom stereocenters. The average Bonchev–Trinajstić information content (AvgIpc) is 2.80. The van der Waals surface area contributed by atoms with Crippen LogP contribution in [0.25, 0.3) is 22.3 Å². The van der Waals surface area contributed by atoms with Crippen molar-refractivity contribution in [3.8, 4) is 22.3 Å². The first-order valence-electron chi connectivity index (χ1n) is 11.1. The lowest BCUT2D eigenvalue weighted by molar-refractivity contribution is 0.283. The summed E-state index contributed by atoms with van der Waals surface area (Å²) in [5.74, 6) is 1.25. The summed E-state index contributed by atoms with van der Waals surface area (Å²) in [6.45, 7) is 2.03. The second-order valence-corrected chi connectivity index (χ2v) is 8.45. The number of hydrogen-bond donors (Lipinski definition) is 0. The van der Waals surface area contributed by atoms with Crippen LogP contribution in [0.15, 0.2) is 72.8 Å². The first-order valence-corrected chi connectivity index (χ1v) is 11.1. The number of halogens is 1. The molecule has 0 saturated heterocycles. The van der Waals surface area contributed by atoms with Crippen molar-refractivity contribution in [2.75, 3.05) is 6.67 Å². The lowest BCUT2D eigenvalue weighted by Crippen LogP contribution is -2.13. The van der Waals surface area contributed by atoms with E-state index in [9.17, 15) is 4.39 Å². The van der Waals surface area contributed by atoms with Gasteiger partial charge in [0.1, 0.15) is 0 Å². The van der Waals surface area contributed by atoms with E-state index >= 15 is 0 Å². The van der Waals surface area contributed by atoms with Crippen molar-refractivity contribution < 1.29 is 4.39 Å². The summed E-state index contributed by atoms with van der Waals surface area (Å²) < 4.78 is 12.6. The number of rotatable bonds is 6. The topological polar surface area (TPSA) is 0 Å². The van der Waals surface area contributed by atoms with Gasteiger partial charge < -0.3 is 0 Å². The van der Waals surface area contributed by atoms with E-state index in [-0.39, 0.29) is 6.67 Å². The molecule has 0 unspecified atom stereocenters. The summed E-state index contributed by atoms with van der Waals surface area (Å²) in [5, 5.41) is 0. The molecule has 0 aromatic heterocycles. The Hall–Kier alpha value is -2.41. The Morgan fingerprint density at radius 3 is 1.55 bits per heavy atom. The van der Waals surface area contributed by atoms with Crippen molar-refractivity contribution in [2.45, 2.75) is 51.4 Å². The molecule has 1 heteroatoms. The Morgan fingerprint density at radius 1 is 0.655 bits per heavy atom.